The number of hydrogen-bond acceptors (Lipinski definition) is 3. The number of rotatable bonds is 2. The second-order valence-corrected chi connectivity index (χ2v) is 4.07. The molecule has 0 saturated heterocycles. The normalized spacial score (nSPS) is 22.2. The van der Waals surface area contributed by atoms with Gasteiger partial charge in [-0.15, -0.1) is 0 Å². The van der Waals surface area contributed by atoms with Crippen LogP contribution in [0.2, 0.25) is 0 Å². The lowest BCUT2D eigenvalue weighted by molar-refractivity contribution is -0.157. The van der Waals surface area contributed by atoms with E-state index in [1.54, 1.807) is 0 Å². The molecule has 0 fully saturated rings. The van der Waals surface area contributed by atoms with Crippen LogP contribution in [0.4, 0.5) is 13.2 Å². The van der Waals surface area contributed by atoms with Gasteiger partial charge in [-0.3, -0.25) is 9.59 Å². The molecule has 0 aliphatic heterocycles. The number of methoxy groups -OCH3 is 1. The molecule has 1 aliphatic carbocycles. The molecule has 2 rings (SSSR count). The summed E-state index contributed by atoms with van der Waals surface area (Å²) in [6.07, 6.45) is -3.74. The first-order valence-electron chi connectivity index (χ1n) is 5.13. The molecule has 18 heavy (non-hydrogen) atoms. The minimum atomic E-state index is -3.20. The van der Waals surface area contributed by atoms with E-state index < -0.39 is 35.8 Å². The Labute approximate surface area is 101 Å². The topological polar surface area (TPSA) is 43.4 Å². The number of carbonyl (C=O) groups excluding carboxylic acids is 2. The molecule has 0 saturated carbocycles. The first-order valence-corrected chi connectivity index (χ1v) is 5.13. The molecule has 3 nitrogen and oxygen atoms in total. The van der Waals surface area contributed by atoms with Gasteiger partial charge in [-0.2, -0.15) is 0 Å². The van der Waals surface area contributed by atoms with Gasteiger partial charge >= 0.3 is 5.97 Å². The van der Waals surface area contributed by atoms with Crippen molar-refractivity contribution in [3.63, 3.8) is 0 Å². The van der Waals surface area contributed by atoms with E-state index in [4.69, 9.17) is 0 Å². The first-order chi connectivity index (χ1) is 8.43. The maximum absolute atomic E-state index is 13.1. The molecule has 1 aliphatic rings. The highest BCUT2D eigenvalue weighted by atomic mass is 19.3. The molecule has 96 valence electrons. The number of benzene rings is 1. The quantitative estimate of drug-likeness (QED) is 0.602. The first kappa shape index (κ1) is 12.6. The van der Waals surface area contributed by atoms with E-state index >= 15 is 0 Å². The molecule has 1 atom stereocenters. The number of ether oxygens (including phenoxy) is 1. The highest BCUT2D eigenvalue weighted by Gasteiger charge is 2.59. The summed E-state index contributed by atoms with van der Waals surface area (Å²) in [5.74, 6) is -2.95. The third kappa shape index (κ3) is 1.52. The molecule has 0 aromatic heterocycles. The molecule has 0 amide bonds. The van der Waals surface area contributed by atoms with Crippen molar-refractivity contribution in [2.24, 2.45) is 5.41 Å². The number of halogens is 3. The number of carbonyl (C=O) groups is 2. The van der Waals surface area contributed by atoms with E-state index in [0.29, 0.717) is 0 Å². The highest BCUT2D eigenvalue weighted by Crippen LogP contribution is 2.42. The van der Waals surface area contributed by atoms with Crippen molar-refractivity contribution in [1.82, 2.24) is 0 Å². The van der Waals surface area contributed by atoms with Crippen molar-refractivity contribution in [1.29, 1.82) is 0 Å². The fourth-order valence-corrected chi connectivity index (χ4v) is 2.16. The van der Waals surface area contributed by atoms with Crippen LogP contribution in [0.1, 0.15) is 15.9 Å². The molecule has 1 aromatic rings. The second kappa shape index (κ2) is 4.12. The molecular weight excluding hydrogens is 249 g/mol. The number of hydrogen-bond donors (Lipinski definition) is 0. The Morgan fingerprint density at radius 3 is 2.67 bits per heavy atom. The van der Waals surface area contributed by atoms with Gasteiger partial charge in [-0.05, 0) is 23.8 Å². The molecule has 0 heterocycles. The minimum Gasteiger partial charge on any atom is -0.468 e. The average Bonchev–Trinajstić information content (AvgIpc) is 2.62. The second-order valence-electron chi connectivity index (χ2n) is 4.07. The van der Waals surface area contributed by atoms with Gasteiger partial charge in [-0.1, -0.05) is 0 Å². The van der Waals surface area contributed by atoms with Crippen molar-refractivity contribution in [3.05, 3.63) is 35.1 Å². The summed E-state index contributed by atoms with van der Waals surface area (Å²) in [5, 5.41) is 0. The van der Waals surface area contributed by atoms with Crippen LogP contribution in [0, 0.1) is 11.2 Å². The number of ketones is 1. The maximum Gasteiger partial charge on any atom is 0.326 e. The summed E-state index contributed by atoms with van der Waals surface area (Å²) in [7, 11) is 0.934. The van der Waals surface area contributed by atoms with Crippen molar-refractivity contribution in [3.8, 4) is 0 Å². The zero-order chi connectivity index (χ0) is 13.5. The molecule has 6 heteroatoms. The molecule has 0 bridgehead atoms. The van der Waals surface area contributed by atoms with E-state index in [2.05, 4.69) is 4.74 Å². The van der Waals surface area contributed by atoms with Crippen LogP contribution in [0.5, 0.6) is 0 Å². The summed E-state index contributed by atoms with van der Waals surface area (Å²) in [6, 6.07) is 3.09. The standard InChI is InChI=1S/C12H9F3O3/c1-18-11(17)12(10(14)15)5-6-4-7(13)2-3-8(6)9(12)16/h2-4,10H,5H2,1H3. The van der Waals surface area contributed by atoms with Gasteiger partial charge in [0, 0.05) is 12.0 Å². The lowest BCUT2D eigenvalue weighted by Gasteiger charge is -2.22. The predicted octanol–water partition coefficient (Wildman–Crippen LogP) is 1.99. The fourth-order valence-electron chi connectivity index (χ4n) is 2.16. The van der Waals surface area contributed by atoms with Crippen LogP contribution < -0.4 is 0 Å². The van der Waals surface area contributed by atoms with Gasteiger partial charge in [0.25, 0.3) is 6.43 Å². The van der Waals surface area contributed by atoms with Gasteiger partial charge in [0.1, 0.15) is 5.82 Å². The summed E-state index contributed by atoms with van der Waals surface area (Å²) in [4.78, 5) is 23.5. The Morgan fingerprint density at radius 2 is 2.11 bits per heavy atom. The van der Waals surface area contributed by atoms with Crippen LogP contribution in [-0.2, 0) is 16.0 Å². The lowest BCUT2D eigenvalue weighted by atomic mass is 9.84. The van der Waals surface area contributed by atoms with Gasteiger partial charge in [0.05, 0.1) is 7.11 Å². The number of fused-ring (bicyclic) bond motifs is 1. The minimum absolute atomic E-state index is 0.0536. The number of esters is 1. The monoisotopic (exact) mass is 258 g/mol. The van der Waals surface area contributed by atoms with Crippen LogP contribution in [0.25, 0.3) is 0 Å². The predicted molar refractivity (Wildman–Crippen MR) is 54.9 cm³/mol. The van der Waals surface area contributed by atoms with Crippen molar-refractivity contribution in [2.45, 2.75) is 12.8 Å². The molecule has 0 spiro atoms. The van der Waals surface area contributed by atoms with Crippen molar-refractivity contribution >= 4 is 11.8 Å². The molecule has 1 aromatic carbocycles. The van der Waals surface area contributed by atoms with Gasteiger partial charge in [0.2, 0.25) is 0 Å². The fraction of sp³-hybridized carbons (Fsp3) is 0.333. The third-order valence-corrected chi connectivity index (χ3v) is 3.11. The van der Waals surface area contributed by atoms with Crippen molar-refractivity contribution in [2.75, 3.05) is 7.11 Å². The van der Waals surface area contributed by atoms with Crippen molar-refractivity contribution < 1.29 is 27.5 Å². The average molecular weight is 258 g/mol. The summed E-state index contributed by atoms with van der Waals surface area (Å²) < 4.78 is 43.6. The van der Waals surface area contributed by atoms with Crippen LogP contribution in [0.15, 0.2) is 18.2 Å². The Kier molecular flexibility index (Phi) is 2.88. The largest absolute Gasteiger partial charge is 0.468 e. The molecular formula is C12H9F3O3. The Hall–Kier alpha value is -1.85. The van der Waals surface area contributed by atoms with Gasteiger partial charge in [0.15, 0.2) is 11.2 Å². The molecule has 1 unspecified atom stereocenters. The summed E-state index contributed by atoms with van der Waals surface area (Å²) >= 11 is 0. The van der Waals surface area contributed by atoms with E-state index in [1.165, 1.54) is 0 Å². The van der Waals surface area contributed by atoms with Gasteiger partial charge < -0.3 is 4.74 Å². The highest BCUT2D eigenvalue weighted by molar-refractivity contribution is 6.16. The Balaban J connectivity index is 2.56. The summed E-state index contributed by atoms with van der Waals surface area (Å²) in [5.41, 5.74) is -2.49. The zero-order valence-electron chi connectivity index (χ0n) is 9.38. The smallest absolute Gasteiger partial charge is 0.326 e. The zero-order valence-corrected chi connectivity index (χ0v) is 9.38. The van der Waals surface area contributed by atoms with Crippen LogP contribution >= 0.6 is 0 Å². The number of Topliss-reactive ketones (excluding diaryl/α,β-unsaturated/α-hetero) is 1. The molecule has 0 radical (unpaired) electrons. The van der Waals surface area contributed by atoms with Gasteiger partial charge in [-0.25, -0.2) is 13.2 Å². The lowest BCUT2D eigenvalue weighted by Crippen LogP contribution is -2.44. The van der Waals surface area contributed by atoms with E-state index in [-0.39, 0.29) is 11.1 Å². The maximum atomic E-state index is 13.1. The Bertz CT molecular complexity index is 527. The van der Waals surface area contributed by atoms with E-state index in [1.807, 2.05) is 0 Å². The van der Waals surface area contributed by atoms with E-state index in [0.717, 1.165) is 25.3 Å². The van der Waals surface area contributed by atoms with E-state index in [9.17, 15) is 22.8 Å². The Morgan fingerprint density at radius 1 is 1.44 bits per heavy atom. The molecule has 0 N–H and O–H groups in total. The van der Waals surface area contributed by atoms with Crippen LogP contribution in [0.3, 0.4) is 0 Å². The SMILES string of the molecule is COC(=O)C1(C(F)F)Cc2cc(F)ccc2C1=O. The van der Waals surface area contributed by atoms with Crippen LogP contribution in [-0.4, -0.2) is 25.3 Å². The summed E-state index contributed by atoms with van der Waals surface area (Å²) in [6.45, 7) is 0. The third-order valence-electron chi connectivity index (χ3n) is 3.11. The number of alkyl halides is 2.